The number of likely N-dealkylation sites (tertiary alicyclic amines) is 1. The summed E-state index contributed by atoms with van der Waals surface area (Å²) >= 11 is 0. The van der Waals surface area contributed by atoms with Gasteiger partial charge in [0.15, 0.2) is 0 Å². The minimum atomic E-state index is -0.975. The minimum Gasteiger partial charge on any atom is -0.481 e. The summed E-state index contributed by atoms with van der Waals surface area (Å²) in [6.45, 7) is 2.68. The Bertz CT molecular complexity index is 697. The molecule has 23 heavy (non-hydrogen) atoms. The van der Waals surface area contributed by atoms with Gasteiger partial charge in [-0.1, -0.05) is 0 Å². The molecule has 0 aliphatic carbocycles. The molecule has 0 saturated carbocycles. The number of fused-ring (bicyclic) bond motifs is 1. The predicted molar refractivity (Wildman–Crippen MR) is 84.6 cm³/mol. The number of nitrogens with two attached hydrogens (primary N) is 1. The largest absolute Gasteiger partial charge is 0.481 e. The third-order valence-corrected chi connectivity index (χ3v) is 4.35. The van der Waals surface area contributed by atoms with Gasteiger partial charge in [0.25, 0.3) is 0 Å². The predicted octanol–water partition coefficient (Wildman–Crippen LogP) is 1.09. The van der Waals surface area contributed by atoms with Crippen molar-refractivity contribution in [2.24, 2.45) is 11.7 Å². The summed E-state index contributed by atoms with van der Waals surface area (Å²) in [5.74, 6) is 0.252. The zero-order valence-corrected chi connectivity index (χ0v) is 13.1. The van der Waals surface area contributed by atoms with Crippen LogP contribution in [0, 0.1) is 11.7 Å². The van der Waals surface area contributed by atoms with Gasteiger partial charge in [-0.15, -0.1) is 0 Å². The Balaban J connectivity index is 1.89. The Morgan fingerprint density at radius 2 is 2.35 bits per heavy atom. The number of hydrogen-bond donors (Lipinski definition) is 2. The maximum Gasteiger partial charge on any atom is 0.213 e. The van der Waals surface area contributed by atoms with Crippen LogP contribution in [0.1, 0.15) is 18.1 Å². The zero-order chi connectivity index (χ0) is 16.4. The highest BCUT2D eigenvalue weighted by atomic mass is 19.1. The maximum absolute atomic E-state index is 14.3. The Hall–Kier alpha value is -1.83. The number of β-amino-alcohol motifs (C(OH)–C–C–N with tert-alkyl or cyclic N) is 1. The average Bonchev–Trinajstić information content (AvgIpc) is 3.01. The summed E-state index contributed by atoms with van der Waals surface area (Å²) in [5, 5.41) is 10.6. The van der Waals surface area contributed by atoms with Crippen molar-refractivity contribution in [3.63, 3.8) is 0 Å². The molecule has 0 bridgehead atoms. The van der Waals surface area contributed by atoms with Crippen molar-refractivity contribution in [1.29, 1.82) is 0 Å². The number of aromatic nitrogens is 2. The Labute approximate surface area is 134 Å². The molecule has 3 N–H and O–H groups in total. The van der Waals surface area contributed by atoms with Crippen LogP contribution in [0.15, 0.2) is 18.3 Å². The number of ether oxygens (including phenoxy) is 1. The fourth-order valence-corrected chi connectivity index (χ4v) is 3.08. The molecule has 0 aromatic carbocycles. The molecule has 2 aromatic heterocycles. The van der Waals surface area contributed by atoms with Crippen LogP contribution in [-0.2, 0) is 0 Å². The molecule has 1 aliphatic heterocycles. The molecular formula is C16H21FN4O2. The summed E-state index contributed by atoms with van der Waals surface area (Å²) in [7, 11) is 1.49. The summed E-state index contributed by atoms with van der Waals surface area (Å²) in [4.78, 5) is 10.4. The van der Waals surface area contributed by atoms with Crippen LogP contribution >= 0.6 is 0 Å². The summed E-state index contributed by atoms with van der Waals surface area (Å²) in [6.07, 6.45) is 1.16. The molecule has 0 unspecified atom stereocenters. The topological polar surface area (TPSA) is 84.5 Å². The van der Waals surface area contributed by atoms with Crippen molar-refractivity contribution in [3.05, 3.63) is 29.7 Å². The van der Waals surface area contributed by atoms with E-state index in [0.29, 0.717) is 35.9 Å². The first kappa shape index (κ1) is 16.0. The number of halogens is 1. The van der Waals surface area contributed by atoms with Gasteiger partial charge >= 0.3 is 0 Å². The highest BCUT2D eigenvalue weighted by Crippen LogP contribution is 2.28. The van der Waals surface area contributed by atoms with E-state index in [4.69, 9.17) is 10.5 Å². The van der Waals surface area contributed by atoms with Gasteiger partial charge in [0.2, 0.25) is 5.88 Å². The Morgan fingerprint density at radius 1 is 1.52 bits per heavy atom. The van der Waals surface area contributed by atoms with Gasteiger partial charge in [-0.05, 0) is 31.5 Å². The molecule has 0 amide bonds. The van der Waals surface area contributed by atoms with E-state index in [1.807, 2.05) is 0 Å². The maximum atomic E-state index is 14.3. The molecule has 3 heterocycles. The number of methoxy groups -OCH3 is 1. The van der Waals surface area contributed by atoms with Crippen LogP contribution in [0.5, 0.6) is 5.88 Å². The monoisotopic (exact) mass is 320 g/mol. The highest BCUT2D eigenvalue weighted by molar-refractivity contribution is 5.78. The highest BCUT2D eigenvalue weighted by Gasteiger charge is 2.26. The van der Waals surface area contributed by atoms with Crippen molar-refractivity contribution in [2.75, 3.05) is 33.3 Å². The lowest BCUT2D eigenvalue weighted by atomic mass is 10.1. The van der Waals surface area contributed by atoms with Gasteiger partial charge in [-0.3, -0.25) is 4.98 Å². The number of rotatable bonds is 5. The van der Waals surface area contributed by atoms with E-state index in [1.54, 1.807) is 12.1 Å². The van der Waals surface area contributed by atoms with Gasteiger partial charge in [-0.2, -0.15) is 0 Å². The van der Waals surface area contributed by atoms with Crippen molar-refractivity contribution >= 4 is 11.0 Å². The third-order valence-electron chi connectivity index (χ3n) is 4.35. The zero-order valence-electron chi connectivity index (χ0n) is 13.1. The Kier molecular flexibility index (Phi) is 4.70. The van der Waals surface area contributed by atoms with Crippen LogP contribution < -0.4 is 10.5 Å². The van der Waals surface area contributed by atoms with E-state index < -0.39 is 11.9 Å². The number of aliphatic hydroxyl groups excluding tert-OH is 1. The van der Waals surface area contributed by atoms with E-state index in [1.165, 1.54) is 7.11 Å². The van der Waals surface area contributed by atoms with Crippen LogP contribution in [-0.4, -0.2) is 53.3 Å². The minimum absolute atomic E-state index is 0.171. The molecular weight excluding hydrogens is 299 g/mol. The molecule has 2 aromatic rings. The first-order valence-electron chi connectivity index (χ1n) is 7.72. The second kappa shape index (κ2) is 6.74. The normalized spacial score (nSPS) is 20.1. The molecule has 1 fully saturated rings. The van der Waals surface area contributed by atoms with Crippen LogP contribution in [0.4, 0.5) is 4.39 Å². The van der Waals surface area contributed by atoms with E-state index in [9.17, 15) is 9.50 Å². The van der Waals surface area contributed by atoms with Gasteiger partial charge in [-0.25, -0.2) is 9.37 Å². The van der Waals surface area contributed by atoms with Crippen LogP contribution in [0.2, 0.25) is 0 Å². The molecule has 1 aliphatic rings. The molecule has 7 heteroatoms. The first-order chi connectivity index (χ1) is 11.1. The van der Waals surface area contributed by atoms with Crippen molar-refractivity contribution < 1.29 is 14.2 Å². The summed E-state index contributed by atoms with van der Waals surface area (Å²) in [6, 6.07) is 3.37. The quantitative estimate of drug-likeness (QED) is 0.858. The van der Waals surface area contributed by atoms with Crippen molar-refractivity contribution in [1.82, 2.24) is 14.9 Å². The van der Waals surface area contributed by atoms with Crippen LogP contribution in [0.25, 0.3) is 11.0 Å². The van der Waals surface area contributed by atoms with E-state index >= 15 is 0 Å². The van der Waals surface area contributed by atoms with Crippen molar-refractivity contribution in [3.8, 4) is 5.88 Å². The lowest BCUT2D eigenvalue weighted by molar-refractivity contribution is 0.122. The third kappa shape index (κ3) is 3.26. The SMILES string of the molecule is COc1ccc2ncc(F)c([C@@H](O)CN3CC[C@@H](CN)C3)c2n1. The Morgan fingerprint density at radius 3 is 3.04 bits per heavy atom. The number of aliphatic hydroxyl groups is 1. The lowest BCUT2D eigenvalue weighted by Crippen LogP contribution is -2.28. The van der Waals surface area contributed by atoms with Gasteiger partial charge in [0, 0.05) is 24.7 Å². The van der Waals surface area contributed by atoms with Crippen LogP contribution in [0.3, 0.4) is 0 Å². The van der Waals surface area contributed by atoms with Gasteiger partial charge in [0.1, 0.15) is 11.3 Å². The smallest absolute Gasteiger partial charge is 0.213 e. The summed E-state index contributed by atoms with van der Waals surface area (Å²) in [5.41, 5.74) is 6.73. The average molecular weight is 320 g/mol. The molecule has 6 nitrogen and oxygen atoms in total. The molecule has 1 saturated heterocycles. The van der Waals surface area contributed by atoms with Gasteiger partial charge < -0.3 is 20.5 Å². The molecule has 0 spiro atoms. The standard InChI is InChI=1S/C16H21FN4O2/c1-23-14-3-2-12-16(20-14)15(11(17)7-19-12)13(22)9-21-5-4-10(6-18)8-21/h2-3,7,10,13,22H,4-6,8-9,18H2,1H3/t10-,13-/m0/s1. The van der Waals surface area contributed by atoms with E-state index in [-0.39, 0.29) is 5.56 Å². The fourth-order valence-electron chi connectivity index (χ4n) is 3.08. The van der Waals surface area contributed by atoms with Gasteiger partial charge in [0.05, 0.1) is 24.9 Å². The molecule has 2 atom stereocenters. The molecule has 3 rings (SSSR count). The second-order valence-electron chi connectivity index (χ2n) is 5.91. The number of hydrogen-bond acceptors (Lipinski definition) is 6. The molecule has 0 radical (unpaired) electrons. The van der Waals surface area contributed by atoms with E-state index in [0.717, 1.165) is 25.7 Å². The fraction of sp³-hybridized carbons (Fsp3) is 0.500. The number of pyridine rings is 2. The lowest BCUT2D eigenvalue weighted by Gasteiger charge is -2.21. The first-order valence-corrected chi connectivity index (χ1v) is 7.72. The molecule has 124 valence electrons. The second-order valence-corrected chi connectivity index (χ2v) is 5.91. The summed E-state index contributed by atoms with van der Waals surface area (Å²) < 4.78 is 19.4. The van der Waals surface area contributed by atoms with E-state index in [2.05, 4.69) is 14.9 Å². The number of nitrogens with zero attached hydrogens (tertiary/aromatic N) is 3. The van der Waals surface area contributed by atoms with Crippen molar-refractivity contribution in [2.45, 2.75) is 12.5 Å².